The van der Waals surface area contributed by atoms with Crippen LogP contribution in [0, 0.1) is 24.1 Å². The Hall–Kier alpha value is -3.01. The fraction of sp³-hybridized carbons (Fsp3) is 0.429. The fourth-order valence-electron chi connectivity index (χ4n) is 4.18. The summed E-state index contributed by atoms with van der Waals surface area (Å²) in [4.78, 5) is 6.60. The summed E-state index contributed by atoms with van der Waals surface area (Å²) in [5.74, 6) is 0.873. The molecule has 1 fully saturated rings. The lowest BCUT2D eigenvalue weighted by molar-refractivity contribution is 0.455. The average molecular weight is 378 g/mol. The molecular formula is C21H23FN6. The molecule has 1 unspecified atom stereocenters. The van der Waals surface area contributed by atoms with Gasteiger partial charge < -0.3 is 9.47 Å². The van der Waals surface area contributed by atoms with Crippen molar-refractivity contribution in [2.24, 2.45) is 0 Å². The average Bonchev–Trinajstić information content (AvgIpc) is 3.17. The van der Waals surface area contributed by atoms with Crippen LogP contribution in [0.3, 0.4) is 0 Å². The first-order valence-corrected chi connectivity index (χ1v) is 9.63. The third-order valence-electron chi connectivity index (χ3n) is 5.48. The summed E-state index contributed by atoms with van der Waals surface area (Å²) in [5.41, 5.74) is 2.76. The minimum Gasteiger partial charge on any atom is -0.369 e. The highest BCUT2D eigenvalue weighted by molar-refractivity contribution is 5.96. The lowest BCUT2D eigenvalue weighted by atomic mass is 9.95. The fourth-order valence-corrected chi connectivity index (χ4v) is 4.18. The third kappa shape index (κ3) is 3.09. The van der Waals surface area contributed by atoms with Crippen molar-refractivity contribution in [2.45, 2.75) is 45.6 Å². The van der Waals surface area contributed by atoms with Gasteiger partial charge in [-0.05, 0) is 51.3 Å². The monoisotopic (exact) mass is 378 g/mol. The normalized spacial score (nSPS) is 17.3. The molecule has 0 saturated carbocycles. The molecule has 0 radical (unpaired) electrons. The van der Waals surface area contributed by atoms with E-state index in [9.17, 15) is 9.65 Å². The second-order valence-corrected chi connectivity index (χ2v) is 7.73. The Labute approximate surface area is 163 Å². The largest absolute Gasteiger partial charge is 0.369 e. The molecule has 0 N–H and O–H groups in total. The van der Waals surface area contributed by atoms with E-state index < -0.39 is 0 Å². The van der Waals surface area contributed by atoms with Gasteiger partial charge in [0.25, 0.3) is 0 Å². The highest BCUT2D eigenvalue weighted by Crippen LogP contribution is 2.36. The summed E-state index contributed by atoms with van der Waals surface area (Å²) in [7, 11) is 0. The number of piperidine rings is 1. The highest BCUT2D eigenvalue weighted by atomic mass is 19.1. The van der Waals surface area contributed by atoms with E-state index in [0.29, 0.717) is 10.9 Å². The molecule has 4 rings (SSSR count). The quantitative estimate of drug-likeness (QED) is 0.686. The van der Waals surface area contributed by atoms with Crippen LogP contribution in [-0.2, 0) is 0 Å². The first kappa shape index (κ1) is 18.4. The van der Waals surface area contributed by atoms with Gasteiger partial charge in [0.05, 0.1) is 16.8 Å². The molecule has 0 spiro atoms. The Balaban J connectivity index is 1.79. The van der Waals surface area contributed by atoms with Crippen molar-refractivity contribution >= 4 is 16.6 Å². The van der Waals surface area contributed by atoms with Gasteiger partial charge in [0.2, 0.25) is 0 Å². The predicted molar refractivity (Wildman–Crippen MR) is 106 cm³/mol. The second kappa shape index (κ2) is 7.19. The molecule has 0 amide bonds. The van der Waals surface area contributed by atoms with Crippen molar-refractivity contribution in [3.05, 3.63) is 47.4 Å². The summed E-state index contributed by atoms with van der Waals surface area (Å²) in [6, 6.07) is 5.50. The molecule has 3 heterocycles. The molecule has 144 valence electrons. The summed E-state index contributed by atoms with van der Waals surface area (Å²) in [5, 5.41) is 18.9. The molecule has 0 aliphatic carbocycles. The molecule has 3 aromatic rings. The first-order chi connectivity index (χ1) is 13.5. The molecule has 1 saturated heterocycles. The lowest BCUT2D eigenvalue weighted by Crippen LogP contribution is -2.36. The molecular weight excluding hydrogens is 355 g/mol. The van der Waals surface area contributed by atoms with E-state index >= 15 is 0 Å². The molecule has 1 atom stereocenters. The Morgan fingerprint density at radius 1 is 1.32 bits per heavy atom. The van der Waals surface area contributed by atoms with E-state index in [0.717, 1.165) is 48.5 Å². The maximum Gasteiger partial charge on any atom is 0.137 e. The number of aromatic nitrogens is 4. The third-order valence-corrected chi connectivity index (χ3v) is 5.48. The zero-order chi connectivity index (χ0) is 19.8. The van der Waals surface area contributed by atoms with Gasteiger partial charge in [-0.3, -0.25) is 4.98 Å². The van der Waals surface area contributed by atoms with E-state index in [2.05, 4.69) is 44.6 Å². The molecule has 7 heteroatoms. The number of hydrogen-bond donors (Lipinski definition) is 0. The first-order valence-electron chi connectivity index (χ1n) is 9.63. The van der Waals surface area contributed by atoms with Crippen LogP contribution in [0.5, 0.6) is 0 Å². The number of hydrogen-bond acceptors (Lipinski definition) is 5. The number of benzene rings is 1. The number of nitriles is 1. The van der Waals surface area contributed by atoms with Gasteiger partial charge in [-0.25, -0.2) is 4.39 Å². The molecule has 0 bridgehead atoms. The van der Waals surface area contributed by atoms with Gasteiger partial charge in [0.1, 0.15) is 24.0 Å². The van der Waals surface area contributed by atoms with Gasteiger partial charge in [-0.2, -0.15) is 5.26 Å². The van der Waals surface area contributed by atoms with Crippen molar-refractivity contribution < 1.29 is 4.39 Å². The highest BCUT2D eigenvalue weighted by Gasteiger charge is 2.28. The SMILES string of the molecule is Cc1cc(F)cc2c(N3CCCC(c4nncn4C(C)C)C3)c(C#N)cnc12. The number of nitrogens with zero attached hydrogens (tertiary/aromatic N) is 6. The minimum atomic E-state index is -0.309. The zero-order valence-electron chi connectivity index (χ0n) is 16.4. The smallest absolute Gasteiger partial charge is 0.137 e. The number of halogens is 1. The number of aryl methyl sites for hydroxylation is 1. The Morgan fingerprint density at radius 3 is 2.89 bits per heavy atom. The van der Waals surface area contributed by atoms with Crippen LogP contribution in [0.2, 0.25) is 0 Å². The van der Waals surface area contributed by atoms with Crippen molar-refractivity contribution in [2.75, 3.05) is 18.0 Å². The Bertz CT molecular complexity index is 1060. The van der Waals surface area contributed by atoms with Gasteiger partial charge in [0.15, 0.2) is 0 Å². The maximum atomic E-state index is 14.2. The standard InChI is InChI=1S/C21H23FN6/c1-13(2)28-12-25-26-21(28)15-5-4-6-27(11-15)20-16(9-23)10-24-19-14(3)7-17(22)8-18(19)20/h7-8,10,12-13,15H,4-6,11H2,1-3H3. The Morgan fingerprint density at radius 2 is 2.14 bits per heavy atom. The summed E-state index contributed by atoms with van der Waals surface area (Å²) in [6.45, 7) is 7.61. The molecule has 28 heavy (non-hydrogen) atoms. The van der Waals surface area contributed by atoms with E-state index in [1.807, 2.05) is 6.92 Å². The van der Waals surface area contributed by atoms with Crippen LogP contribution >= 0.6 is 0 Å². The number of fused-ring (bicyclic) bond motifs is 1. The van der Waals surface area contributed by atoms with Gasteiger partial charge in [-0.15, -0.1) is 10.2 Å². The van der Waals surface area contributed by atoms with E-state index in [-0.39, 0.29) is 17.8 Å². The van der Waals surface area contributed by atoms with Crippen LogP contribution in [0.25, 0.3) is 10.9 Å². The molecule has 1 aliphatic heterocycles. The molecule has 6 nitrogen and oxygen atoms in total. The van der Waals surface area contributed by atoms with Crippen LogP contribution < -0.4 is 4.90 Å². The van der Waals surface area contributed by atoms with Gasteiger partial charge in [0, 0.05) is 36.6 Å². The summed E-state index contributed by atoms with van der Waals surface area (Å²) >= 11 is 0. The zero-order valence-corrected chi connectivity index (χ0v) is 16.4. The van der Waals surface area contributed by atoms with E-state index in [4.69, 9.17) is 0 Å². The Kier molecular flexibility index (Phi) is 4.71. The van der Waals surface area contributed by atoms with E-state index in [1.165, 1.54) is 12.1 Å². The lowest BCUT2D eigenvalue weighted by Gasteiger charge is -2.35. The predicted octanol–water partition coefficient (Wildman–Crippen LogP) is 4.11. The topological polar surface area (TPSA) is 70.6 Å². The minimum absolute atomic E-state index is 0.211. The number of anilines is 1. The van der Waals surface area contributed by atoms with Crippen molar-refractivity contribution in [3.8, 4) is 6.07 Å². The van der Waals surface area contributed by atoms with Crippen LogP contribution in [0.4, 0.5) is 10.1 Å². The van der Waals surface area contributed by atoms with Crippen molar-refractivity contribution in [3.63, 3.8) is 0 Å². The molecule has 1 aromatic carbocycles. The number of rotatable bonds is 3. The number of pyridine rings is 1. The summed E-state index contributed by atoms with van der Waals surface area (Å²) in [6.07, 6.45) is 5.36. The van der Waals surface area contributed by atoms with Crippen LogP contribution in [0.15, 0.2) is 24.7 Å². The van der Waals surface area contributed by atoms with Crippen LogP contribution in [-0.4, -0.2) is 32.8 Å². The molecule has 2 aromatic heterocycles. The van der Waals surface area contributed by atoms with Crippen molar-refractivity contribution in [1.82, 2.24) is 19.7 Å². The molecule has 1 aliphatic rings. The summed E-state index contributed by atoms with van der Waals surface area (Å²) < 4.78 is 16.3. The van der Waals surface area contributed by atoms with Crippen molar-refractivity contribution in [1.29, 1.82) is 5.26 Å². The van der Waals surface area contributed by atoms with Gasteiger partial charge in [-0.1, -0.05) is 0 Å². The second-order valence-electron chi connectivity index (χ2n) is 7.73. The van der Waals surface area contributed by atoms with Crippen LogP contribution in [0.1, 0.15) is 55.6 Å². The van der Waals surface area contributed by atoms with Gasteiger partial charge >= 0.3 is 0 Å². The van der Waals surface area contributed by atoms with E-state index in [1.54, 1.807) is 12.5 Å². The maximum absolute atomic E-state index is 14.2.